The molecule has 0 spiro atoms. The van der Waals surface area contributed by atoms with E-state index in [1.807, 2.05) is 30.3 Å². The van der Waals surface area contributed by atoms with E-state index in [4.69, 9.17) is 4.74 Å². The highest BCUT2D eigenvalue weighted by molar-refractivity contribution is 7.10. The molecule has 114 valence electrons. The number of hydrogen-bond donors (Lipinski definition) is 0. The van der Waals surface area contributed by atoms with E-state index in [2.05, 4.69) is 27.4 Å². The summed E-state index contributed by atoms with van der Waals surface area (Å²) in [5.41, 5.74) is 2.51. The van der Waals surface area contributed by atoms with E-state index >= 15 is 0 Å². The number of pyridine rings is 1. The van der Waals surface area contributed by atoms with Gasteiger partial charge < -0.3 is 9.64 Å². The van der Waals surface area contributed by atoms with Crippen LogP contribution >= 0.6 is 11.3 Å². The molecule has 1 unspecified atom stereocenters. The highest BCUT2D eigenvalue weighted by atomic mass is 32.1. The molecular weight excluding hydrogens is 306 g/mol. The topological polar surface area (TPSA) is 49.2 Å². The second-order valence-electron chi connectivity index (χ2n) is 5.47. The molecule has 1 atom stereocenters. The fourth-order valence-corrected chi connectivity index (χ4v) is 3.81. The lowest BCUT2D eigenvalue weighted by atomic mass is 10.1. The summed E-state index contributed by atoms with van der Waals surface area (Å²) in [6.07, 6.45) is 1.73. The van der Waals surface area contributed by atoms with Gasteiger partial charge in [-0.3, -0.25) is 4.98 Å². The standard InChI is InChI=1S/C18H15N3OS/c19-10-13-11-20-15-5-2-1-4-14(15)18(13)21-7-8-22-16(12-21)17-6-3-9-23-17/h1-6,9,11,16H,7-8,12H2. The van der Waals surface area contributed by atoms with Crippen molar-refractivity contribution in [2.45, 2.75) is 6.10 Å². The smallest absolute Gasteiger partial charge is 0.109 e. The number of nitriles is 1. The van der Waals surface area contributed by atoms with Crippen LogP contribution in [0.25, 0.3) is 10.9 Å². The van der Waals surface area contributed by atoms with Gasteiger partial charge in [-0.05, 0) is 17.5 Å². The van der Waals surface area contributed by atoms with Gasteiger partial charge in [0.15, 0.2) is 0 Å². The van der Waals surface area contributed by atoms with Crippen LogP contribution in [0.2, 0.25) is 0 Å². The maximum atomic E-state index is 9.51. The monoisotopic (exact) mass is 321 g/mol. The number of rotatable bonds is 2. The zero-order chi connectivity index (χ0) is 15.6. The van der Waals surface area contributed by atoms with Crippen molar-refractivity contribution in [3.05, 3.63) is 58.4 Å². The minimum absolute atomic E-state index is 0.0576. The van der Waals surface area contributed by atoms with E-state index in [0.29, 0.717) is 12.2 Å². The van der Waals surface area contributed by atoms with Crippen LogP contribution in [0.5, 0.6) is 0 Å². The van der Waals surface area contributed by atoms with Gasteiger partial charge in [-0.2, -0.15) is 5.26 Å². The van der Waals surface area contributed by atoms with Crippen LogP contribution in [0.3, 0.4) is 0 Å². The van der Waals surface area contributed by atoms with Crippen molar-refractivity contribution in [3.8, 4) is 6.07 Å². The number of para-hydroxylation sites is 1. The molecule has 0 saturated carbocycles. The molecule has 1 fully saturated rings. The molecule has 0 bridgehead atoms. The lowest BCUT2D eigenvalue weighted by Gasteiger charge is -2.35. The summed E-state index contributed by atoms with van der Waals surface area (Å²) < 4.78 is 5.93. The summed E-state index contributed by atoms with van der Waals surface area (Å²) in [6.45, 7) is 2.19. The Bertz CT molecular complexity index is 870. The maximum absolute atomic E-state index is 9.51. The van der Waals surface area contributed by atoms with Crippen LogP contribution in [-0.2, 0) is 4.74 Å². The summed E-state index contributed by atoms with van der Waals surface area (Å²) in [5.74, 6) is 0. The highest BCUT2D eigenvalue weighted by Crippen LogP contribution is 2.34. The van der Waals surface area contributed by atoms with Gasteiger partial charge in [-0.15, -0.1) is 11.3 Å². The van der Waals surface area contributed by atoms with Crippen molar-refractivity contribution in [2.75, 3.05) is 24.6 Å². The van der Waals surface area contributed by atoms with Gasteiger partial charge in [0.05, 0.1) is 23.4 Å². The van der Waals surface area contributed by atoms with Gasteiger partial charge in [-0.25, -0.2) is 0 Å². The van der Waals surface area contributed by atoms with Crippen molar-refractivity contribution < 1.29 is 4.74 Å². The van der Waals surface area contributed by atoms with Crippen molar-refractivity contribution >= 4 is 27.9 Å². The number of thiophene rings is 1. The lowest BCUT2D eigenvalue weighted by molar-refractivity contribution is 0.0422. The van der Waals surface area contributed by atoms with Crippen LogP contribution in [-0.4, -0.2) is 24.7 Å². The Balaban J connectivity index is 1.77. The molecule has 1 aliphatic heterocycles. The van der Waals surface area contributed by atoms with Crippen LogP contribution < -0.4 is 4.90 Å². The van der Waals surface area contributed by atoms with E-state index in [0.717, 1.165) is 29.7 Å². The maximum Gasteiger partial charge on any atom is 0.109 e. The molecule has 0 amide bonds. The Morgan fingerprint density at radius 1 is 1.26 bits per heavy atom. The molecule has 23 heavy (non-hydrogen) atoms. The zero-order valence-corrected chi connectivity index (χ0v) is 13.3. The molecule has 2 aromatic heterocycles. The molecule has 3 aromatic rings. The Morgan fingerprint density at radius 2 is 2.17 bits per heavy atom. The van der Waals surface area contributed by atoms with Gasteiger partial charge >= 0.3 is 0 Å². The first-order valence-corrected chi connectivity index (χ1v) is 8.42. The van der Waals surface area contributed by atoms with Crippen molar-refractivity contribution in [1.29, 1.82) is 5.26 Å². The van der Waals surface area contributed by atoms with Crippen LogP contribution in [0.1, 0.15) is 16.5 Å². The number of fused-ring (bicyclic) bond motifs is 1. The summed E-state index contributed by atoms with van der Waals surface area (Å²) in [4.78, 5) is 7.89. The molecule has 0 N–H and O–H groups in total. The largest absolute Gasteiger partial charge is 0.369 e. The minimum atomic E-state index is 0.0576. The molecular formula is C18H15N3OS. The summed E-state index contributed by atoms with van der Waals surface area (Å²) in [5, 5.41) is 12.6. The number of nitrogens with zero attached hydrogens (tertiary/aromatic N) is 3. The summed E-state index contributed by atoms with van der Waals surface area (Å²) in [7, 11) is 0. The van der Waals surface area contributed by atoms with Crippen molar-refractivity contribution in [1.82, 2.24) is 4.98 Å². The minimum Gasteiger partial charge on any atom is -0.369 e. The average molecular weight is 321 g/mol. The highest BCUT2D eigenvalue weighted by Gasteiger charge is 2.25. The number of hydrogen-bond acceptors (Lipinski definition) is 5. The number of ether oxygens (including phenoxy) is 1. The predicted molar refractivity (Wildman–Crippen MR) is 91.7 cm³/mol. The first kappa shape index (κ1) is 14.2. The van der Waals surface area contributed by atoms with Crippen LogP contribution in [0.4, 0.5) is 5.69 Å². The van der Waals surface area contributed by atoms with E-state index in [9.17, 15) is 5.26 Å². The summed E-state index contributed by atoms with van der Waals surface area (Å²) >= 11 is 1.71. The van der Waals surface area contributed by atoms with Gasteiger partial charge in [0.2, 0.25) is 0 Å². The lowest BCUT2D eigenvalue weighted by Crippen LogP contribution is -2.38. The summed E-state index contributed by atoms with van der Waals surface area (Å²) in [6, 6.07) is 14.4. The second kappa shape index (κ2) is 5.99. The Kier molecular flexibility index (Phi) is 3.70. The quantitative estimate of drug-likeness (QED) is 0.721. The second-order valence-corrected chi connectivity index (χ2v) is 6.45. The average Bonchev–Trinajstić information content (AvgIpc) is 3.15. The molecule has 3 heterocycles. The molecule has 1 aromatic carbocycles. The Morgan fingerprint density at radius 3 is 3.00 bits per heavy atom. The third-order valence-corrected chi connectivity index (χ3v) is 5.08. The molecule has 0 aliphatic carbocycles. The first-order valence-electron chi connectivity index (χ1n) is 7.54. The normalized spacial score (nSPS) is 18.0. The van der Waals surface area contributed by atoms with Crippen LogP contribution in [0.15, 0.2) is 48.0 Å². The van der Waals surface area contributed by atoms with Gasteiger partial charge in [0.1, 0.15) is 12.2 Å². The first-order chi connectivity index (χ1) is 11.4. The van der Waals surface area contributed by atoms with Crippen LogP contribution in [0, 0.1) is 11.3 Å². The Labute approximate surface area is 138 Å². The third kappa shape index (κ3) is 2.56. The Hall–Kier alpha value is -2.42. The molecule has 1 saturated heterocycles. The van der Waals surface area contributed by atoms with Crippen molar-refractivity contribution in [3.63, 3.8) is 0 Å². The van der Waals surface area contributed by atoms with E-state index < -0.39 is 0 Å². The molecule has 4 rings (SSSR count). The number of aromatic nitrogens is 1. The predicted octanol–water partition coefficient (Wildman–Crippen LogP) is 3.75. The van der Waals surface area contributed by atoms with E-state index in [1.165, 1.54) is 4.88 Å². The van der Waals surface area contributed by atoms with Crippen molar-refractivity contribution in [2.24, 2.45) is 0 Å². The van der Waals surface area contributed by atoms with E-state index in [1.54, 1.807) is 17.5 Å². The molecule has 1 aliphatic rings. The zero-order valence-electron chi connectivity index (χ0n) is 12.5. The number of benzene rings is 1. The fraction of sp³-hybridized carbons (Fsp3) is 0.222. The van der Waals surface area contributed by atoms with E-state index in [-0.39, 0.29) is 6.10 Å². The van der Waals surface area contributed by atoms with Gasteiger partial charge in [0.25, 0.3) is 0 Å². The molecule has 5 heteroatoms. The third-order valence-electron chi connectivity index (χ3n) is 4.11. The fourth-order valence-electron chi connectivity index (χ4n) is 3.05. The molecule has 0 radical (unpaired) electrons. The van der Waals surface area contributed by atoms with Gasteiger partial charge in [0, 0.05) is 29.5 Å². The molecule has 4 nitrogen and oxygen atoms in total. The number of anilines is 1. The SMILES string of the molecule is N#Cc1cnc2ccccc2c1N1CCOC(c2cccs2)C1. The number of morpholine rings is 1. The van der Waals surface area contributed by atoms with Gasteiger partial charge in [-0.1, -0.05) is 24.3 Å².